The van der Waals surface area contributed by atoms with E-state index in [4.69, 9.17) is 4.74 Å². The molecule has 3 fully saturated rings. The molecule has 2 aromatic rings. The van der Waals surface area contributed by atoms with Crippen LogP contribution in [-0.4, -0.2) is 59.8 Å². The molecule has 214 valence electrons. The van der Waals surface area contributed by atoms with E-state index < -0.39 is 0 Å². The molecule has 0 spiro atoms. The second-order valence-electron chi connectivity index (χ2n) is 11.7. The van der Waals surface area contributed by atoms with Gasteiger partial charge >= 0.3 is 0 Å². The number of carbonyl (C=O) groups excluding carboxylic acids is 3. The predicted molar refractivity (Wildman–Crippen MR) is 155 cm³/mol. The topological polar surface area (TPSA) is 79.0 Å². The van der Waals surface area contributed by atoms with E-state index in [9.17, 15) is 14.4 Å². The lowest BCUT2D eigenvalue weighted by Gasteiger charge is -2.38. The highest BCUT2D eigenvalue weighted by Gasteiger charge is 2.34. The lowest BCUT2D eigenvalue weighted by atomic mass is 9.88. The minimum Gasteiger partial charge on any atom is -0.497 e. The zero-order valence-electron chi connectivity index (χ0n) is 23.7. The van der Waals surface area contributed by atoms with Gasteiger partial charge in [0.1, 0.15) is 5.75 Å². The average molecular weight is 546 g/mol. The van der Waals surface area contributed by atoms with Crippen LogP contribution < -0.4 is 10.1 Å². The van der Waals surface area contributed by atoms with Crippen molar-refractivity contribution in [3.8, 4) is 5.75 Å². The van der Waals surface area contributed by atoms with Crippen LogP contribution in [0.2, 0.25) is 0 Å². The van der Waals surface area contributed by atoms with Gasteiger partial charge in [-0.15, -0.1) is 0 Å². The molecular formula is C33H43N3O4. The first-order chi connectivity index (χ1) is 19.5. The van der Waals surface area contributed by atoms with Gasteiger partial charge in [0.05, 0.1) is 7.11 Å². The Bertz CT molecular complexity index is 1130. The van der Waals surface area contributed by atoms with Crippen LogP contribution in [0.15, 0.2) is 54.6 Å². The van der Waals surface area contributed by atoms with Crippen LogP contribution in [0.1, 0.15) is 80.1 Å². The van der Waals surface area contributed by atoms with Crippen molar-refractivity contribution in [3.63, 3.8) is 0 Å². The Morgan fingerprint density at radius 3 is 2.10 bits per heavy atom. The van der Waals surface area contributed by atoms with Gasteiger partial charge in [-0.2, -0.15) is 0 Å². The lowest BCUT2D eigenvalue weighted by Crippen LogP contribution is -2.49. The molecule has 40 heavy (non-hydrogen) atoms. The number of hydrogen-bond donors (Lipinski definition) is 1. The molecule has 1 aliphatic heterocycles. The highest BCUT2D eigenvalue weighted by molar-refractivity contribution is 5.94. The summed E-state index contributed by atoms with van der Waals surface area (Å²) in [5.74, 6) is 1.38. The molecule has 0 unspecified atom stereocenters. The molecule has 0 atom stereocenters. The summed E-state index contributed by atoms with van der Waals surface area (Å²) in [7, 11) is 1.62. The minimum absolute atomic E-state index is 0.0171. The van der Waals surface area contributed by atoms with E-state index in [2.05, 4.69) is 17.4 Å². The van der Waals surface area contributed by atoms with E-state index in [-0.39, 0.29) is 35.7 Å². The highest BCUT2D eigenvalue weighted by atomic mass is 16.5. The number of amides is 3. The maximum atomic E-state index is 13.7. The molecule has 0 aromatic heterocycles. The fourth-order valence-electron chi connectivity index (χ4n) is 6.69. The Kier molecular flexibility index (Phi) is 9.40. The van der Waals surface area contributed by atoms with E-state index in [1.54, 1.807) is 7.11 Å². The quantitative estimate of drug-likeness (QED) is 0.495. The van der Waals surface area contributed by atoms with Gasteiger partial charge in [0.15, 0.2) is 0 Å². The normalized spacial score (nSPS) is 22.1. The van der Waals surface area contributed by atoms with E-state index in [0.29, 0.717) is 31.1 Å². The highest BCUT2D eigenvalue weighted by Crippen LogP contribution is 2.30. The van der Waals surface area contributed by atoms with E-state index in [1.807, 2.05) is 52.3 Å². The molecule has 0 radical (unpaired) electrons. The molecule has 7 heteroatoms. The van der Waals surface area contributed by atoms with Crippen LogP contribution >= 0.6 is 0 Å². The lowest BCUT2D eigenvalue weighted by molar-refractivity contribution is -0.139. The summed E-state index contributed by atoms with van der Waals surface area (Å²) in [4.78, 5) is 43.5. The summed E-state index contributed by atoms with van der Waals surface area (Å²) in [5, 5.41) is 3.31. The van der Waals surface area contributed by atoms with Crippen molar-refractivity contribution in [2.75, 3.05) is 20.2 Å². The van der Waals surface area contributed by atoms with Crippen molar-refractivity contribution in [3.05, 3.63) is 65.7 Å². The first-order valence-corrected chi connectivity index (χ1v) is 15.1. The SMILES string of the molecule is COc1ccc(C(=O)N(Cc2ccccc2)C2CCC(NC(=O)C3CCN(C(=O)C4CCCC4)CC3)CC2)cc1. The molecule has 1 saturated heterocycles. The Labute approximate surface area is 238 Å². The second kappa shape index (κ2) is 13.3. The molecule has 1 heterocycles. The number of benzene rings is 2. The fraction of sp³-hybridized carbons (Fsp3) is 0.545. The number of nitrogens with zero attached hydrogens (tertiary/aromatic N) is 2. The molecule has 3 aliphatic rings. The molecule has 7 nitrogen and oxygen atoms in total. The van der Waals surface area contributed by atoms with Gasteiger partial charge < -0.3 is 19.9 Å². The van der Waals surface area contributed by atoms with Gasteiger partial charge in [0.2, 0.25) is 11.8 Å². The zero-order valence-corrected chi connectivity index (χ0v) is 23.7. The van der Waals surface area contributed by atoms with Crippen LogP contribution in [0, 0.1) is 11.8 Å². The van der Waals surface area contributed by atoms with E-state index in [0.717, 1.165) is 75.5 Å². The summed E-state index contributed by atoms with van der Waals surface area (Å²) in [5.41, 5.74) is 1.77. The van der Waals surface area contributed by atoms with E-state index in [1.165, 1.54) is 0 Å². The van der Waals surface area contributed by atoms with Gasteiger partial charge in [-0.25, -0.2) is 0 Å². The Morgan fingerprint density at radius 1 is 0.825 bits per heavy atom. The molecule has 3 amide bonds. The van der Waals surface area contributed by atoms with Crippen LogP contribution in [0.5, 0.6) is 5.75 Å². The first-order valence-electron chi connectivity index (χ1n) is 15.1. The number of nitrogens with one attached hydrogen (secondary N) is 1. The van der Waals surface area contributed by atoms with Crippen molar-refractivity contribution in [2.45, 2.75) is 82.8 Å². The molecule has 2 aliphatic carbocycles. The standard InChI is InChI=1S/C33H43N3O4/c1-40-30-17-11-27(12-18-30)33(39)36(23-24-7-3-2-4-8-24)29-15-13-28(14-16-29)34-31(37)25-19-21-35(22-20-25)32(38)26-9-5-6-10-26/h2-4,7-8,11-12,17-18,25-26,28-29H,5-6,9-10,13-16,19-23H2,1H3,(H,34,37). The second-order valence-corrected chi connectivity index (χ2v) is 11.7. The molecule has 2 aromatic carbocycles. The van der Waals surface area contributed by atoms with Crippen molar-refractivity contribution in [1.82, 2.24) is 15.1 Å². The molecule has 0 bridgehead atoms. The van der Waals surface area contributed by atoms with Crippen LogP contribution in [-0.2, 0) is 16.1 Å². The first kappa shape index (κ1) is 28.2. The Hall–Kier alpha value is -3.35. The van der Waals surface area contributed by atoms with Crippen molar-refractivity contribution < 1.29 is 19.1 Å². The Balaban J connectivity index is 1.14. The smallest absolute Gasteiger partial charge is 0.254 e. The summed E-state index contributed by atoms with van der Waals surface area (Å²) in [6, 6.07) is 17.7. The summed E-state index contributed by atoms with van der Waals surface area (Å²) < 4.78 is 5.27. The number of likely N-dealkylation sites (tertiary alicyclic amines) is 1. The fourth-order valence-corrected chi connectivity index (χ4v) is 6.69. The largest absolute Gasteiger partial charge is 0.497 e. The number of ether oxygens (including phenoxy) is 1. The molecular weight excluding hydrogens is 502 g/mol. The van der Waals surface area contributed by atoms with Crippen molar-refractivity contribution in [1.29, 1.82) is 0 Å². The van der Waals surface area contributed by atoms with Gasteiger partial charge in [-0.3, -0.25) is 14.4 Å². The number of methoxy groups -OCH3 is 1. The third-order valence-electron chi connectivity index (χ3n) is 9.16. The van der Waals surface area contributed by atoms with Gasteiger partial charge in [0, 0.05) is 49.1 Å². The van der Waals surface area contributed by atoms with Crippen LogP contribution in [0.4, 0.5) is 0 Å². The maximum Gasteiger partial charge on any atom is 0.254 e. The van der Waals surface area contributed by atoms with Gasteiger partial charge in [-0.05, 0) is 81.2 Å². The number of carbonyl (C=O) groups is 3. The van der Waals surface area contributed by atoms with Crippen LogP contribution in [0.3, 0.4) is 0 Å². The third-order valence-corrected chi connectivity index (χ3v) is 9.16. The molecule has 2 saturated carbocycles. The number of hydrogen-bond acceptors (Lipinski definition) is 4. The van der Waals surface area contributed by atoms with Crippen molar-refractivity contribution >= 4 is 17.7 Å². The summed E-state index contributed by atoms with van der Waals surface area (Å²) in [6.45, 7) is 1.95. The monoisotopic (exact) mass is 545 g/mol. The summed E-state index contributed by atoms with van der Waals surface area (Å²) >= 11 is 0. The van der Waals surface area contributed by atoms with Crippen molar-refractivity contribution in [2.24, 2.45) is 11.8 Å². The maximum absolute atomic E-state index is 13.7. The third kappa shape index (κ3) is 6.86. The zero-order chi connectivity index (χ0) is 27.9. The van der Waals surface area contributed by atoms with Crippen LogP contribution in [0.25, 0.3) is 0 Å². The van der Waals surface area contributed by atoms with Gasteiger partial charge in [-0.1, -0.05) is 43.2 Å². The average Bonchev–Trinajstić information content (AvgIpc) is 3.56. The number of piperidine rings is 1. The van der Waals surface area contributed by atoms with Gasteiger partial charge in [0.25, 0.3) is 5.91 Å². The minimum atomic E-state index is -0.0171. The summed E-state index contributed by atoms with van der Waals surface area (Å²) in [6.07, 6.45) is 9.30. The predicted octanol–water partition coefficient (Wildman–Crippen LogP) is 5.19. The number of rotatable bonds is 8. The molecule has 1 N–H and O–H groups in total. The molecule has 5 rings (SSSR count). The Morgan fingerprint density at radius 2 is 1.48 bits per heavy atom. The van der Waals surface area contributed by atoms with E-state index >= 15 is 0 Å².